The van der Waals surface area contributed by atoms with Crippen molar-refractivity contribution in [1.29, 1.82) is 0 Å². The van der Waals surface area contributed by atoms with Crippen molar-refractivity contribution in [1.82, 2.24) is 10.6 Å². The minimum Gasteiger partial charge on any atom is -0.369 e. The van der Waals surface area contributed by atoms with Gasteiger partial charge in [0.1, 0.15) is 0 Å². The third-order valence-corrected chi connectivity index (χ3v) is 3.02. The number of rotatable bonds is 11. The Morgan fingerprint density at radius 3 is 2.05 bits per heavy atom. The maximum atomic E-state index is 11.5. The molecule has 0 saturated carbocycles. The highest BCUT2D eigenvalue weighted by molar-refractivity contribution is 5.83. The van der Waals surface area contributed by atoms with Crippen LogP contribution in [0.1, 0.15) is 52.4 Å². The lowest BCUT2D eigenvalue weighted by Crippen LogP contribution is -2.28. The summed E-state index contributed by atoms with van der Waals surface area (Å²) in [4.78, 5) is 33.6. The number of hydrogen-bond donors (Lipinski definition) is 3. The van der Waals surface area contributed by atoms with Crippen LogP contribution in [0.15, 0.2) is 0 Å². The van der Waals surface area contributed by atoms with Crippen molar-refractivity contribution in [3.63, 3.8) is 0 Å². The summed E-state index contributed by atoms with van der Waals surface area (Å²) in [6, 6.07) is 0. The van der Waals surface area contributed by atoms with Crippen molar-refractivity contribution in [2.75, 3.05) is 13.1 Å². The van der Waals surface area contributed by atoms with Crippen LogP contribution < -0.4 is 16.4 Å². The van der Waals surface area contributed by atoms with E-state index in [0.29, 0.717) is 13.1 Å². The first-order chi connectivity index (χ1) is 9.47. The number of primary amides is 1. The molecule has 1 atom stereocenters. The molecule has 4 N–H and O–H groups in total. The zero-order chi connectivity index (χ0) is 15.4. The van der Waals surface area contributed by atoms with Crippen molar-refractivity contribution in [3.05, 3.63) is 0 Å². The van der Waals surface area contributed by atoms with E-state index in [1.807, 2.05) is 6.92 Å². The molecule has 0 rings (SSSR count). The average molecular weight is 285 g/mol. The Balaban J connectivity index is 3.50. The fourth-order valence-electron chi connectivity index (χ4n) is 1.61. The first-order valence-electron chi connectivity index (χ1n) is 7.30. The lowest BCUT2D eigenvalue weighted by molar-refractivity contribution is -0.126. The highest BCUT2D eigenvalue weighted by Gasteiger charge is 2.08. The van der Waals surface area contributed by atoms with Crippen LogP contribution >= 0.6 is 0 Å². The van der Waals surface area contributed by atoms with Gasteiger partial charge in [-0.1, -0.05) is 20.3 Å². The lowest BCUT2D eigenvalue weighted by atomic mass is 10.0. The molecular weight excluding hydrogens is 258 g/mol. The van der Waals surface area contributed by atoms with Crippen LogP contribution in [-0.2, 0) is 14.4 Å². The van der Waals surface area contributed by atoms with Gasteiger partial charge in [0.2, 0.25) is 17.7 Å². The third-order valence-electron chi connectivity index (χ3n) is 3.02. The summed E-state index contributed by atoms with van der Waals surface area (Å²) in [6.45, 7) is 5.00. The number of amides is 3. The lowest BCUT2D eigenvalue weighted by Gasteiger charge is -2.08. The van der Waals surface area contributed by atoms with Crippen molar-refractivity contribution >= 4 is 17.7 Å². The molecular formula is C14H27N3O3. The average Bonchev–Trinajstić information content (AvgIpc) is 2.41. The number of nitrogens with two attached hydrogens (primary N) is 1. The molecule has 0 fully saturated rings. The predicted molar refractivity (Wildman–Crippen MR) is 77.8 cm³/mol. The Bertz CT molecular complexity index is 319. The van der Waals surface area contributed by atoms with Gasteiger partial charge in [-0.25, -0.2) is 0 Å². The molecule has 0 bridgehead atoms. The second-order valence-electron chi connectivity index (χ2n) is 5.00. The fraction of sp³-hybridized carbons (Fsp3) is 0.786. The largest absolute Gasteiger partial charge is 0.369 e. The van der Waals surface area contributed by atoms with Gasteiger partial charge in [-0.15, -0.1) is 0 Å². The van der Waals surface area contributed by atoms with E-state index in [2.05, 4.69) is 10.6 Å². The molecule has 0 heterocycles. The summed E-state index contributed by atoms with van der Waals surface area (Å²) in [5, 5.41) is 5.49. The Morgan fingerprint density at radius 2 is 1.55 bits per heavy atom. The van der Waals surface area contributed by atoms with E-state index in [9.17, 15) is 14.4 Å². The van der Waals surface area contributed by atoms with E-state index >= 15 is 0 Å². The van der Waals surface area contributed by atoms with Crippen molar-refractivity contribution < 1.29 is 14.4 Å². The van der Waals surface area contributed by atoms with Gasteiger partial charge >= 0.3 is 0 Å². The molecule has 20 heavy (non-hydrogen) atoms. The minimum absolute atomic E-state index is 0.0858. The van der Waals surface area contributed by atoms with E-state index in [0.717, 1.165) is 25.7 Å². The van der Waals surface area contributed by atoms with Gasteiger partial charge in [0.05, 0.1) is 0 Å². The zero-order valence-electron chi connectivity index (χ0n) is 12.5. The van der Waals surface area contributed by atoms with Crippen molar-refractivity contribution in [3.8, 4) is 0 Å². The Labute approximate surface area is 120 Å². The first kappa shape index (κ1) is 18.4. The Hall–Kier alpha value is -1.59. The molecule has 0 spiro atoms. The Morgan fingerprint density at radius 1 is 1.00 bits per heavy atom. The fourth-order valence-corrected chi connectivity index (χ4v) is 1.61. The summed E-state index contributed by atoms with van der Waals surface area (Å²) < 4.78 is 0. The van der Waals surface area contributed by atoms with E-state index < -0.39 is 0 Å². The predicted octanol–water partition coefficient (Wildman–Crippen LogP) is 0.701. The highest BCUT2D eigenvalue weighted by Crippen LogP contribution is 2.06. The van der Waals surface area contributed by atoms with Crippen LogP contribution in [0.4, 0.5) is 0 Å². The second kappa shape index (κ2) is 11.3. The molecule has 0 aliphatic rings. The maximum Gasteiger partial charge on any atom is 0.220 e. The van der Waals surface area contributed by atoms with Crippen LogP contribution in [0.3, 0.4) is 0 Å². The first-order valence-corrected chi connectivity index (χ1v) is 7.30. The molecule has 0 aliphatic carbocycles. The van der Waals surface area contributed by atoms with Gasteiger partial charge in [0.25, 0.3) is 0 Å². The van der Waals surface area contributed by atoms with Gasteiger partial charge in [-0.3, -0.25) is 14.4 Å². The third kappa shape index (κ3) is 10.3. The molecule has 0 unspecified atom stereocenters. The van der Waals surface area contributed by atoms with E-state index in [4.69, 9.17) is 5.73 Å². The van der Waals surface area contributed by atoms with Gasteiger partial charge in [-0.2, -0.15) is 0 Å². The summed E-state index contributed by atoms with van der Waals surface area (Å²) >= 11 is 0. The number of unbranched alkanes of at least 4 members (excludes halogenated alkanes) is 1. The topological polar surface area (TPSA) is 101 Å². The highest BCUT2D eigenvalue weighted by atomic mass is 16.2. The quantitative estimate of drug-likeness (QED) is 0.487. The number of hydrogen-bond acceptors (Lipinski definition) is 3. The van der Waals surface area contributed by atoms with Crippen LogP contribution in [0.25, 0.3) is 0 Å². The van der Waals surface area contributed by atoms with E-state index in [-0.39, 0.29) is 36.5 Å². The molecule has 6 heteroatoms. The van der Waals surface area contributed by atoms with Gasteiger partial charge < -0.3 is 16.4 Å². The minimum atomic E-state index is -0.285. The van der Waals surface area contributed by atoms with Crippen LogP contribution in [-0.4, -0.2) is 30.8 Å². The van der Waals surface area contributed by atoms with Crippen molar-refractivity contribution in [2.24, 2.45) is 11.7 Å². The number of carbonyl (C=O) groups is 3. The van der Waals surface area contributed by atoms with Gasteiger partial charge in [0.15, 0.2) is 0 Å². The molecule has 0 aliphatic heterocycles. The van der Waals surface area contributed by atoms with Crippen LogP contribution in [0.2, 0.25) is 0 Å². The molecule has 0 aromatic rings. The van der Waals surface area contributed by atoms with Gasteiger partial charge in [0, 0.05) is 31.8 Å². The molecule has 0 radical (unpaired) electrons. The monoisotopic (exact) mass is 285 g/mol. The summed E-state index contributed by atoms with van der Waals surface area (Å²) in [6.07, 6.45) is 3.73. The summed E-state index contributed by atoms with van der Waals surface area (Å²) in [5.41, 5.74) is 5.15. The number of carbonyl (C=O) groups excluding carboxylic acids is 3. The van der Waals surface area contributed by atoms with E-state index in [1.54, 1.807) is 6.92 Å². The second-order valence-corrected chi connectivity index (χ2v) is 5.00. The molecule has 0 aromatic heterocycles. The molecule has 116 valence electrons. The van der Waals surface area contributed by atoms with Crippen molar-refractivity contribution in [2.45, 2.75) is 52.4 Å². The number of nitrogens with one attached hydrogen (secondary N) is 2. The normalized spacial score (nSPS) is 11.7. The zero-order valence-corrected chi connectivity index (χ0v) is 12.5. The van der Waals surface area contributed by atoms with E-state index in [1.165, 1.54) is 0 Å². The summed E-state index contributed by atoms with van der Waals surface area (Å²) in [5.74, 6) is -0.600. The smallest absolute Gasteiger partial charge is 0.220 e. The molecule has 3 amide bonds. The standard InChI is InChI=1S/C14H27N3O3/c1-3-9-16-12(18)7-8-13(19)17-10-5-4-6-11(2)14(15)20/h11H,3-10H2,1-2H3,(H2,15,20)(H,16,18)(H,17,19)/t11-/m0/s1. The van der Waals surface area contributed by atoms with Gasteiger partial charge in [-0.05, 0) is 19.3 Å². The molecule has 0 aromatic carbocycles. The van der Waals surface area contributed by atoms with Crippen LogP contribution in [0, 0.1) is 5.92 Å². The summed E-state index contributed by atoms with van der Waals surface area (Å²) in [7, 11) is 0. The van der Waals surface area contributed by atoms with Crippen LogP contribution in [0.5, 0.6) is 0 Å². The molecule has 0 saturated heterocycles. The maximum absolute atomic E-state index is 11.5. The SMILES string of the molecule is CCCNC(=O)CCC(=O)NCCCC[C@H](C)C(N)=O. The Kier molecular flexibility index (Phi) is 10.4. The molecule has 6 nitrogen and oxygen atoms in total.